The van der Waals surface area contributed by atoms with E-state index < -0.39 is 0 Å². The molecule has 3 heteroatoms. The van der Waals surface area contributed by atoms with E-state index in [1.54, 1.807) is 0 Å². The van der Waals surface area contributed by atoms with E-state index >= 15 is 0 Å². The molecule has 4 unspecified atom stereocenters. The first kappa shape index (κ1) is 12.8. The minimum absolute atomic E-state index is 0.361. The van der Waals surface area contributed by atoms with Gasteiger partial charge in [-0.15, -0.1) is 11.6 Å². The van der Waals surface area contributed by atoms with Gasteiger partial charge in [-0.1, -0.05) is 6.42 Å². The number of nitrogens with zero attached hydrogens (tertiary/aromatic N) is 1. The van der Waals surface area contributed by atoms with Crippen molar-refractivity contribution < 1.29 is 4.79 Å². The number of amides is 1. The topological polar surface area (TPSA) is 20.3 Å². The monoisotopic (exact) mass is 269 g/mol. The Hall–Kier alpha value is -0.240. The molecule has 18 heavy (non-hydrogen) atoms. The minimum atomic E-state index is 0.361. The molecular weight excluding hydrogens is 246 g/mol. The Balaban J connectivity index is 1.66. The lowest BCUT2D eigenvalue weighted by atomic mass is 9.86. The van der Waals surface area contributed by atoms with Gasteiger partial charge in [0.1, 0.15) is 0 Å². The van der Waals surface area contributed by atoms with Gasteiger partial charge in [0.15, 0.2) is 0 Å². The molecule has 4 atom stereocenters. The highest BCUT2D eigenvalue weighted by Gasteiger charge is 2.45. The molecule has 0 radical (unpaired) electrons. The lowest BCUT2D eigenvalue weighted by molar-refractivity contribution is -0.141. The van der Waals surface area contributed by atoms with Crippen LogP contribution in [0.1, 0.15) is 51.4 Å². The second kappa shape index (κ2) is 5.40. The van der Waals surface area contributed by atoms with Gasteiger partial charge in [0.05, 0.1) is 0 Å². The van der Waals surface area contributed by atoms with E-state index in [-0.39, 0.29) is 0 Å². The Kier molecular flexibility index (Phi) is 3.83. The molecule has 0 N–H and O–H groups in total. The molecule has 1 amide bonds. The minimum Gasteiger partial charge on any atom is -0.339 e. The van der Waals surface area contributed by atoms with Gasteiger partial charge in [0, 0.05) is 24.4 Å². The molecule has 2 bridgehead atoms. The van der Waals surface area contributed by atoms with Crippen molar-refractivity contribution in [2.24, 2.45) is 17.8 Å². The molecular formula is C15H24ClNO. The average molecular weight is 270 g/mol. The maximum atomic E-state index is 12.8. The Labute approximate surface area is 115 Å². The molecule has 1 aliphatic heterocycles. The Morgan fingerprint density at radius 1 is 1.17 bits per heavy atom. The van der Waals surface area contributed by atoms with E-state index in [1.165, 1.54) is 44.9 Å². The summed E-state index contributed by atoms with van der Waals surface area (Å²) in [6, 6.07) is 0.433. The summed E-state index contributed by atoms with van der Waals surface area (Å²) in [7, 11) is 0. The van der Waals surface area contributed by atoms with Crippen molar-refractivity contribution in [3.8, 4) is 0 Å². The normalized spacial score (nSPS) is 39.3. The van der Waals surface area contributed by atoms with Crippen LogP contribution in [0.4, 0.5) is 0 Å². The van der Waals surface area contributed by atoms with E-state index in [2.05, 4.69) is 4.90 Å². The van der Waals surface area contributed by atoms with Crippen LogP contribution < -0.4 is 0 Å². The Bertz CT molecular complexity index is 318. The average Bonchev–Trinajstić information content (AvgIpc) is 3.01. The zero-order chi connectivity index (χ0) is 12.5. The standard InChI is InChI=1S/C15H24ClNO/c16-7-6-13-3-1-2-8-17(13)15(18)14-10-11-4-5-12(14)9-11/h11-14H,1-10H2. The number of alkyl halides is 1. The van der Waals surface area contributed by atoms with Gasteiger partial charge in [-0.05, 0) is 56.8 Å². The number of hydrogen-bond donors (Lipinski definition) is 0. The zero-order valence-corrected chi connectivity index (χ0v) is 11.9. The summed E-state index contributed by atoms with van der Waals surface area (Å²) < 4.78 is 0. The third kappa shape index (κ3) is 2.29. The fourth-order valence-electron chi connectivity index (χ4n) is 4.48. The molecule has 1 saturated heterocycles. The first-order valence-electron chi connectivity index (χ1n) is 7.66. The smallest absolute Gasteiger partial charge is 0.226 e. The van der Waals surface area contributed by atoms with Crippen LogP contribution in [0.25, 0.3) is 0 Å². The molecule has 2 aliphatic carbocycles. The van der Waals surface area contributed by atoms with Crippen molar-refractivity contribution in [3.63, 3.8) is 0 Å². The van der Waals surface area contributed by atoms with Crippen LogP contribution >= 0.6 is 11.6 Å². The van der Waals surface area contributed by atoms with E-state index in [4.69, 9.17) is 11.6 Å². The molecule has 3 rings (SSSR count). The second-order valence-corrected chi connectivity index (χ2v) is 6.82. The summed E-state index contributed by atoms with van der Waals surface area (Å²) in [5.41, 5.74) is 0. The lowest BCUT2D eigenvalue weighted by Gasteiger charge is -2.38. The summed E-state index contributed by atoms with van der Waals surface area (Å²) in [5.74, 6) is 3.09. The second-order valence-electron chi connectivity index (χ2n) is 6.44. The molecule has 3 aliphatic rings. The van der Waals surface area contributed by atoms with Crippen molar-refractivity contribution in [3.05, 3.63) is 0 Å². The number of carbonyl (C=O) groups is 1. The molecule has 2 saturated carbocycles. The third-order valence-electron chi connectivity index (χ3n) is 5.41. The molecule has 0 aromatic carbocycles. The summed E-state index contributed by atoms with van der Waals surface area (Å²) >= 11 is 5.89. The fourth-order valence-corrected chi connectivity index (χ4v) is 4.73. The number of fused-ring (bicyclic) bond motifs is 2. The van der Waals surface area contributed by atoms with E-state index in [9.17, 15) is 4.79 Å². The predicted molar refractivity (Wildman–Crippen MR) is 73.6 cm³/mol. The van der Waals surface area contributed by atoms with E-state index in [0.717, 1.165) is 18.9 Å². The SMILES string of the molecule is O=C(C1CC2CCC1C2)N1CCCCC1CCCl. The molecule has 102 valence electrons. The lowest BCUT2D eigenvalue weighted by Crippen LogP contribution is -2.47. The van der Waals surface area contributed by atoms with Crippen LogP contribution in [0.5, 0.6) is 0 Å². The van der Waals surface area contributed by atoms with Crippen molar-refractivity contribution in [1.82, 2.24) is 4.90 Å². The molecule has 3 fully saturated rings. The fraction of sp³-hybridized carbons (Fsp3) is 0.933. The Morgan fingerprint density at radius 3 is 2.72 bits per heavy atom. The van der Waals surface area contributed by atoms with Crippen LogP contribution in [0.3, 0.4) is 0 Å². The van der Waals surface area contributed by atoms with Gasteiger partial charge in [-0.3, -0.25) is 4.79 Å². The number of hydrogen-bond acceptors (Lipinski definition) is 1. The third-order valence-corrected chi connectivity index (χ3v) is 5.63. The van der Waals surface area contributed by atoms with Crippen molar-refractivity contribution in [1.29, 1.82) is 0 Å². The Morgan fingerprint density at radius 2 is 2.06 bits per heavy atom. The van der Waals surface area contributed by atoms with Crippen LogP contribution in [-0.2, 0) is 4.79 Å². The van der Waals surface area contributed by atoms with Crippen LogP contribution in [0.2, 0.25) is 0 Å². The van der Waals surface area contributed by atoms with Gasteiger partial charge < -0.3 is 4.90 Å². The molecule has 0 aromatic rings. The van der Waals surface area contributed by atoms with Gasteiger partial charge in [-0.2, -0.15) is 0 Å². The summed E-state index contributed by atoms with van der Waals surface area (Å²) in [5, 5.41) is 0. The predicted octanol–water partition coefficient (Wildman–Crippen LogP) is 3.43. The van der Waals surface area contributed by atoms with Crippen LogP contribution in [0.15, 0.2) is 0 Å². The van der Waals surface area contributed by atoms with Crippen LogP contribution in [-0.4, -0.2) is 29.3 Å². The zero-order valence-electron chi connectivity index (χ0n) is 11.1. The number of rotatable bonds is 3. The van der Waals surface area contributed by atoms with E-state index in [1.807, 2.05) is 0 Å². The number of likely N-dealkylation sites (tertiary alicyclic amines) is 1. The number of piperidine rings is 1. The van der Waals surface area contributed by atoms with Gasteiger partial charge in [0.25, 0.3) is 0 Å². The van der Waals surface area contributed by atoms with Crippen molar-refractivity contribution in [2.75, 3.05) is 12.4 Å². The molecule has 1 heterocycles. The molecule has 0 aromatic heterocycles. The number of halogens is 1. The maximum absolute atomic E-state index is 12.8. The first-order valence-corrected chi connectivity index (χ1v) is 8.19. The maximum Gasteiger partial charge on any atom is 0.226 e. The molecule has 2 nitrogen and oxygen atoms in total. The van der Waals surface area contributed by atoms with Crippen molar-refractivity contribution >= 4 is 17.5 Å². The summed E-state index contributed by atoms with van der Waals surface area (Å²) in [4.78, 5) is 15.0. The number of carbonyl (C=O) groups excluding carboxylic acids is 1. The van der Waals surface area contributed by atoms with Gasteiger partial charge in [-0.25, -0.2) is 0 Å². The largest absolute Gasteiger partial charge is 0.339 e. The highest BCUT2D eigenvalue weighted by molar-refractivity contribution is 6.17. The summed E-state index contributed by atoms with van der Waals surface area (Å²) in [6.45, 7) is 0.980. The van der Waals surface area contributed by atoms with Gasteiger partial charge >= 0.3 is 0 Å². The first-order chi connectivity index (χ1) is 8.79. The summed E-state index contributed by atoms with van der Waals surface area (Å²) in [6.07, 6.45) is 9.77. The van der Waals surface area contributed by atoms with Gasteiger partial charge in [0.2, 0.25) is 5.91 Å². The van der Waals surface area contributed by atoms with Crippen molar-refractivity contribution in [2.45, 2.75) is 57.4 Å². The molecule has 0 spiro atoms. The quantitative estimate of drug-likeness (QED) is 0.719. The highest BCUT2D eigenvalue weighted by atomic mass is 35.5. The van der Waals surface area contributed by atoms with Crippen LogP contribution in [0, 0.1) is 17.8 Å². The highest BCUT2D eigenvalue weighted by Crippen LogP contribution is 2.49. The van der Waals surface area contributed by atoms with E-state index in [0.29, 0.717) is 29.7 Å².